The van der Waals surface area contributed by atoms with Crippen LogP contribution < -0.4 is 15.2 Å². The van der Waals surface area contributed by atoms with E-state index >= 15 is 0 Å². The second-order valence-corrected chi connectivity index (χ2v) is 8.28. The van der Waals surface area contributed by atoms with Crippen molar-refractivity contribution < 1.29 is 17.9 Å². The number of amides is 1. The molecule has 3 rings (SSSR count). The van der Waals surface area contributed by atoms with Crippen LogP contribution in [0.15, 0.2) is 35.5 Å². The predicted octanol–water partition coefficient (Wildman–Crippen LogP) is 1.98. The van der Waals surface area contributed by atoms with Crippen molar-refractivity contribution in [3.8, 4) is 5.88 Å². The largest absolute Gasteiger partial charge is 0.477 e. The molecule has 0 saturated heterocycles. The van der Waals surface area contributed by atoms with E-state index in [1.807, 2.05) is 13.8 Å². The van der Waals surface area contributed by atoms with Crippen molar-refractivity contribution in [3.63, 3.8) is 0 Å². The molecule has 0 unspecified atom stereocenters. The monoisotopic (exact) mass is 406 g/mol. The maximum atomic E-state index is 12.6. The maximum absolute atomic E-state index is 12.6. The molecule has 1 aromatic carbocycles. The molecule has 2 aromatic heterocycles. The van der Waals surface area contributed by atoms with Crippen molar-refractivity contribution >= 4 is 37.5 Å². The number of aryl methyl sites for hydroxylation is 1. The summed E-state index contributed by atoms with van der Waals surface area (Å²) in [7, 11) is -3.73. The van der Waals surface area contributed by atoms with E-state index in [2.05, 4.69) is 15.3 Å². The van der Waals surface area contributed by atoms with Gasteiger partial charge in [-0.3, -0.25) is 4.79 Å². The number of primary sulfonamides is 1. The van der Waals surface area contributed by atoms with Crippen molar-refractivity contribution in [1.29, 1.82) is 0 Å². The van der Waals surface area contributed by atoms with Crippen molar-refractivity contribution in [2.75, 3.05) is 6.61 Å². The molecule has 0 aliphatic heterocycles. The van der Waals surface area contributed by atoms with Gasteiger partial charge in [0.1, 0.15) is 11.2 Å². The van der Waals surface area contributed by atoms with Gasteiger partial charge in [-0.25, -0.2) is 23.5 Å². The van der Waals surface area contributed by atoms with E-state index in [4.69, 9.17) is 9.88 Å². The number of aromatic nitrogens is 2. The van der Waals surface area contributed by atoms with Gasteiger partial charge >= 0.3 is 0 Å². The summed E-state index contributed by atoms with van der Waals surface area (Å²) in [5, 5.41) is 8.65. The number of thiophene rings is 1. The Kier molecular flexibility index (Phi) is 5.40. The van der Waals surface area contributed by atoms with Crippen LogP contribution >= 0.6 is 11.3 Å². The second kappa shape index (κ2) is 7.59. The van der Waals surface area contributed by atoms with Crippen molar-refractivity contribution in [3.05, 3.63) is 46.6 Å². The van der Waals surface area contributed by atoms with Gasteiger partial charge in [-0.2, -0.15) is 0 Å². The molecule has 0 spiro atoms. The van der Waals surface area contributed by atoms with E-state index in [1.165, 1.54) is 29.8 Å². The van der Waals surface area contributed by atoms with Gasteiger partial charge in [-0.1, -0.05) is 12.1 Å². The normalized spacial score (nSPS) is 11.5. The number of ether oxygens (including phenoxy) is 1. The van der Waals surface area contributed by atoms with Gasteiger partial charge in [0, 0.05) is 6.54 Å². The molecule has 0 aliphatic rings. The number of hydrogen-bond donors (Lipinski definition) is 2. The fourth-order valence-electron chi connectivity index (χ4n) is 2.56. The van der Waals surface area contributed by atoms with Gasteiger partial charge in [0.15, 0.2) is 0 Å². The molecular weight excluding hydrogens is 388 g/mol. The van der Waals surface area contributed by atoms with Gasteiger partial charge in [0.25, 0.3) is 5.91 Å². The summed E-state index contributed by atoms with van der Waals surface area (Å²) in [6.45, 7) is 4.42. The Balaban J connectivity index is 1.78. The minimum absolute atomic E-state index is 0.0277. The van der Waals surface area contributed by atoms with E-state index in [9.17, 15) is 13.2 Å². The van der Waals surface area contributed by atoms with E-state index in [1.54, 1.807) is 12.1 Å². The van der Waals surface area contributed by atoms with Crippen LogP contribution in [0.3, 0.4) is 0 Å². The van der Waals surface area contributed by atoms with Crippen molar-refractivity contribution in [2.24, 2.45) is 5.14 Å². The number of fused-ring (bicyclic) bond motifs is 1. The summed E-state index contributed by atoms with van der Waals surface area (Å²) in [5.41, 5.74) is 1.52. The average Bonchev–Trinajstić information content (AvgIpc) is 2.97. The Morgan fingerprint density at radius 1 is 1.26 bits per heavy atom. The molecule has 0 aliphatic carbocycles. The zero-order valence-electron chi connectivity index (χ0n) is 14.7. The molecular formula is C17H18N4O4S2. The molecule has 3 N–H and O–H groups in total. The second-order valence-electron chi connectivity index (χ2n) is 5.72. The van der Waals surface area contributed by atoms with Gasteiger partial charge in [0.05, 0.1) is 21.8 Å². The third-order valence-corrected chi connectivity index (χ3v) is 6.01. The quantitative estimate of drug-likeness (QED) is 0.645. The SMILES string of the molecule is CCOc1ncnc2sc(C(=O)NCc3ccc(S(N)(=O)=O)cc3)c(C)c12. The van der Waals surface area contributed by atoms with Crippen LogP contribution in [0.1, 0.15) is 27.7 Å². The van der Waals surface area contributed by atoms with Gasteiger partial charge < -0.3 is 10.1 Å². The summed E-state index contributed by atoms with van der Waals surface area (Å²) in [4.78, 5) is 22.2. The van der Waals surface area contributed by atoms with E-state index in [0.29, 0.717) is 22.2 Å². The van der Waals surface area contributed by atoms with Crippen LogP contribution in [0, 0.1) is 6.92 Å². The Morgan fingerprint density at radius 3 is 2.59 bits per heavy atom. The van der Waals surface area contributed by atoms with Crippen molar-refractivity contribution in [2.45, 2.75) is 25.3 Å². The summed E-state index contributed by atoms with van der Waals surface area (Å²) in [5.74, 6) is 0.224. The first-order chi connectivity index (χ1) is 12.8. The van der Waals surface area contributed by atoms with Crippen LogP contribution in [0.2, 0.25) is 0 Å². The molecule has 0 bridgehead atoms. The summed E-state index contributed by atoms with van der Waals surface area (Å²) in [6, 6.07) is 6.03. The number of hydrogen-bond acceptors (Lipinski definition) is 7. The number of rotatable bonds is 6. The standard InChI is InChI=1S/C17H18N4O4S2/c1-3-25-16-13-10(2)14(26-17(13)21-9-20-16)15(22)19-8-11-4-6-12(7-5-11)27(18,23)24/h4-7,9H,3,8H2,1-2H3,(H,19,22)(H2,18,23,24). The van der Waals surface area contributed by atoms with E-state index in [-0.39, 0.29) is 17.3 Å². The number of nitrogens with one attached hydrogen (secondary N) is 1. The van der Waals surface area contributed by atoms with E-state index in [0.717, 1.165) is 16.5 Å². The molecule has 0 saturated carbocycles. The molecule has 142 valence electrons. The number of nitrogens with two attached hydrogens (primary N) is 1. The molecule has 27 heavy (non-hydrogen) atoms. The number of sulfonamides is 1. The predicted molar refractivity (Wildman–Crippen MR) is 102 cm³/mol. The molecule has 0 atom stereocenters. The smallest absolute Gasteiger partial charge is 0.261 e. The lowest BCUT2D eigenvalue weighted by atomic mass is 10.2. The zero-order chi connectivity index (χ0) is 19.6. The Hall–Kier alpha value is -2.56. The Bertz CT molecular complexity index is 1090. The lowest BCUT2D eigenvalue weighted by molar-refractivity contribution is 0.0954. The Labute approximate surface area is 160 Å². The summed E-state index contributed by atoms with van der Waals surface area (Å²) >= 11 is 1.27. The van der Waals surface area contributed by atoms with Gasteiger partial charge in [-0.15, -0.1) is 11.3 Å². The minimum atomic E-state index is -3.73. The highest BCUT2D eigenvalue weighted by molar-refractivity contribution is 7.89. The highest BCUT2D eigenvalue weighted by Crippen LogP contribution is 2.34. The van der Waals surface area contributed by atoms with Crippen LogP contribution in [0.4, 0.5) is 0 Å². The van der Waals surface area contributed by atoms with Crippen LogP contribution in [-0.2, 0) is 16.6 Å². The zero-order valence-corrected chi connectivity index (χ0v) is 16.4. The third kappa shape index (κ3) is 4.07. The molecule has 3 aromatic rings. The van der Waals surface area contributed by atoms with Crippen LogP contribution in [0.25, 0.3) is 10.2 Å². The maximum Gasteiger partial charge on any atom is 0.261 e. The number of benzene rings is 1. The molecule has 10 heteroatoms. The average molecular weight is 406 g/mol. The first kappa shape index (κ1) is 19.2. The van der Waals surface area contributed by atoms with Crippen molar-refractivity contribution in [1.82, 2.24) is 15.3 Å². The first-order valence-electron chi connectivity index (χ1n) is 8.08. The number of carbonyl (C=O) groups is 1. The summed E-state index contributed by atoms with van der Waals surface area (Å²) in [6.07, 6.45) is 1.41. The lowest BCUT2D eigenvalue weighted by Gasteiger charge is -2.06. The molecule has 8 nitrogen and oxygen atoms in total. The lowest BCUT2D eigenvalue weighted by Crippen LogP contribution is -2.22. The highest BCUT2D eigenvalue weighted by atomic mass is 32.2. The van der Waals surface area contributed by atoms with Crippen LogP contribution in [-0.4, -0.2) is 30.9 Å². The van der Waals surface area contributed by atoms with Gasteiger partial charge in [0.2, 0.25) is 15.9 Å². The highest BCUT2D eigenvalue weighted by Gasteiger charge is 2.19. The molecule has 0 radical (unpaired) electrons. The van der Waals surface area contributed by atoms with E-state index < -0.39 is 10.0 Å². The molecule has 0 fully saturated rings. The van der Waals surface area contributed by atoms with Gasteiger partial charge in [-0.05, 0) is 37.1 Å². The Morgan fingerprint density at radius 2 is 1.96 bits per heavy atom. The molecule has 1 amide bonds. The topological polar surface area (TPSA) is 124 Å². The fourth-order valence-corrected chi connectivity index (χ4v) is 4.13. The summed E-state index contributed by atoms with van der Waals surface area (Å²) < 4.78 is 28.1. The van der Waals surface area contributed by atoms with Crippen LogP contribution in [0.5, 0.6) is 5.88 Å². The number of carbonyl (C=O) groups excluding carboxylic acids is 1. The fraction of sp³-hybridized carbons (Fsp3) is 0.235. The third-order valence-electron chi connectivity index (χ3n) is 3.88. The minimum Gasteiger partial charge on any atom is -0.477 e. The number of nitrogens with zero attached hydrogens (tertiary/aromatic N) is 2. The first-order valence-corrected chi connectivity index (χ1v) is 10.4. The molecule has 2 heterocycles.